The molecule has 1 saturated carbocycles. The fraction of sp³-hybridized carbons (Fsp3) is 0.778. The van der Waals surface area contributed by atoms with E-state index in [1.165, 1.54) is 6.92 Å². The fourth-order valence-corrected chi connectivity index (χ4v) is 3.53. The van der Waals surface area contributed by atoms with Gasteiger partial charge in [-0.05, 0) is 46.5 Å². The van der Waals surface area contributed by atoms with E-state index < -0.39 is 41.6 Å². The first-order chi connectivity index (χ1) is 12.0. The summed E-state index contributed by atoms with van der Waals surface area (Å²) in [6.45, 7) is 8.35. The molecule has 2 rings (SSSR count). The van der Waals surface area contributed by atoms with E-state index in [1.807, 2.05) is 27.7 Å². The minimum Gasteiger partial charge on any atom is -0.451 e. The summed E-state index contributed by atoms with van der Waals surface area (Å²) in [5, 5.41) is 5.49. The largest absolute Gasteiger partial charge is 0.451 e. The zero-order valence-electron chi connectivity index (χ0n) is 16.2. The van der Waals surface area contributed by atoms with Crippen molar-refractivity contribution in [3.05, 3.63) is 0 Å². The van der Waals surface area contributed by atoms with Crippen LogP contribution >= 0.6 is 0 Å². The lowest BCUT2D eigenvalue weighted by Crippen LogP contribution is -2.54. The van der Waals surface area contributed by atoms with Crippen LogP contribution in [-0.2, 0) is 19.1 Å². The number of carbonyl (C=O) groups excluding carboxylic acids is 4. The first-order valence-corrected chi connectivity index (χ1v) is 9.12. The topological polar surface area (TPSA) is 105 Å². The Hall–Kier alpha value is -2.12. The third kappa shape index (κ3) is 4.16. The van der Waals surface area contributed by atoms with Gasteiger partial charge in [0.25, 0.3) is 11.8 Å². The molecule has 3 atom stereocenters. The van der Waals surface area contributed by atoms with E-state index in [-0.39, 0.29) is 11.8 Å². The van der Waals surface area contributed by atoms with Crippen molar-refractivity contribution < 1.29 is 23.9 Å². The van der Waals surface area contributed by atoms with Crippen LogP contribution in [0.1, 0.15) is 60.3 Å². The third-order valence-electron chi connectivity index (χ3n) is 4.96. The Morgan fingerprint density at radius 1 is 1.35 bits per heavy atom. The molecule has 4 amide bonds. The SMILES string of the molecule is C[C@H](OC(=O)CN1C(=O)N[C@]2(CCCC[C@@H]2C)C1=O)C(=O)NC(C)(C)C. The van der Waals surface area contributed by atoms with Crippen molar-refractivity contribution in [3.8, 4) is 0 Å². The van der Waals surface area contributed by atoms with Crippen molar-refractivity contribution in [2.45, 2.75) is 77.5 Å². The Kier molecular flexibility index (Phi) is 5.63. The van der Waals surface area contributed by atoms with Gasteiger partial charge in [0, 0.05) is 5.54 Å². The maximum atomic E-state index is 12.8. The molecular weight excluding hydrogens is 338 g/mol. The Labute approximate surface area is 154 Å². The Morgan fingerprint density at radius 2 is 2.00 bits per heavy atom. The molecule has 1 aliphatic heterocycles. The molecule has 0 radical (unpaired) electrons. The van der Waals surface area contributed by atoms with Crippen LogP contribution in [0.25, 0.3) is 0 Å². The minimum atomic E-state index is -1.01. The van der Waals surface area contributed by atoms with E-state index in [1.54, 1.807) is 0 Å². The predicted octanol–water partition coefficient (Wildman–Crippen LogP) is 1.33. The number of esters is 1. The number of hydrogen-bond acceptors (Lipinski definition) is 5. The summed E-state index contributed by atoms with van der Waals surface area (Å²) in [6.07, 6.45) is 2.31. The molecule has 1 heterocycles. The molecule has 0 unspecified atom stereocenters. The number of nitrogens with zero attached hydrogens (tertiary/aromatic N) is 1. The van der Waals surface area contributed by atoms with Crippen LogP contribution < -0.4 is 10.6 Å². The average Bonchev–Trinajstić information content (AvgIpc) is 2.74. The van der Waals surface area contributed by atoms with Crippen molar-refractivity contribution in [2.75, 3.05) is 6.54 Å². The lowest BCUT2D eigenvalue weighted by molar-refractivity contribution is -0.157. The lowest BCUT2D eigenvalue weighted by atomic mass is 9.73. The van der Waals surface area contributed by atoms with Crippen LogP contribution in [0, 0.1) is 5.92 Å². The summed E-state index contributed by atoms with van der Waals surface area (Å²) < 4.78 is 5.09. The molecule has 0 aromatic rings. The van der Waals surface area contributed by atoms with Gasteiger partial charge in [-0.1, -0.05) is 19.8 Å². The molecule has 2 N–H and O–H groups in total. The summed E-state index contributed by atoms with van der Waals surface area (Å²) in [4.78, 5) is 50.1. The van der Waals surface area contributed by atoms with Crippen LogP contribution in [-0.4, -0.2) is 52.4 Å². The number of imide groups is 1. The summed E-state index contributed by atoms with van der Waals surface area (Å²) in [5.41, 5.74) is -1.36. The van der Waals surface area contributed by atoms with Crippen LogP contribution in [0.3, 0.4) is 0 Å². The van der Waals surface area contributed by atoms with Gasteiger partial charge in [0.2, 0.25) is 0 Å². The first kappa shape index (κ1) is 20.2. The van der Waals surface area contributed by atoms with Gasteiger partial charge in [-0.15, -0.1) is 0 Å². The molecule has 0 aromatic carbocycles. The smallest absolute Gasteiger partial charge is 0.327 e. The van der Waals surface area contributed by atoms with Gasteiger partial charge in [-0.25, -0.2) is 4.79 Å². The highest BCUT2D eigenvalue weighted by Gasteiger charge is 2.55. The minimum absolute atomic E-state index is 0.0187. The van der Waals surface area contributed by atoms with E-state index >= 15 is 0 Å². The highest BCUT2D eigenvalue weighted by atomic mass is 16.5. The molecular formula is C18H29N3O5. The fourth-order valence-electron chi connectivity index (χ4n) is 3.53. The Morgan fingerprint density at radius 3 is 2.58 bits per heavy atom. The van der Waals surface area contributed by atoms with Crippen LogP contribution in [0.15, 0.2) is 0 Å². The highest BCUT2D eigenvalue weighted by Crippen LogP contribution is 2.38. The van der Waals surface area contributed by atoms with Crippen molar-refractivity contribution in [1.29, 1.82) is 0 Å². The molecule has 2 aliphatic rings. The van der Waals surface area contributed by atoms with Gasteiger partial charge in [0.1, 0.15) is 12.1 Å². The van der Waals surface area contributed by atoms with Gasteiger partial charge in [-0.2, -0.15) is 0 Å². The predicted molar refractivity (Wildman–Crippen MR) is 94.1 cm³/mol. The second kappa shape index (κ2) is 7.25. The van der Waals surface area contributed by atoms with Crippen molar-refractivity contribution in [3.63, 3.8) is 0 Å². The molecule has 0 bridgehead atoms. The number of urea groups is 1. The molecule has 26 heavy (non-hydrogen) atoms. The van der Waals surface area contributed by atoms with E-state index in [0.29, 0.717) is 6.42 Å². The highest BCUT2D eigenvalue weighted by molar-refractivity contribution is 6.09. The number of carbonyl (C=O) groups is 4. The van der Waals surface area contributed by atoms with Crippen molar-refractivity contribution in [2.24, 2.45) is 5.92 Å². The van der Waals surface area contributed by atoms with Crippen LogP contribution in [0.5, 0.6) is 0 Å². The van der Waals surface area contributed by atoms with Gasteiger partial charge in [-0.3, -0.25) is 19.3 Å². The standard InChI is InChI=1S/C18H29N3O5/c1-11-8-6-7-9-18(11)15(24)21(16(25)20-18)10-13(22)26-12(2)14(23)19-17(3,4)5/h11-12H,6-10H2,1-5H3,(H,19,23)(H,20,25)/t11-,12-,18-/m0/s1. The van der Waals surface area contributed by atoms with Crippen LogP contribution in [0.4, 0.5) is 4.79 Å². The maximum absolute atomic E-state index is 12.8. The lowest BCUT2D eigenvalue weighted by Gasteiger charge is -2.36. The quantitative estimate of drug-likeness (QED) is 0.576. The number of amides is 4. The number of hydrogen-bond donors (Lipinski definition) is 2. The Bertz CT molecular complexity index is 612. The molecule has 8 heteroatoms. The third-order valence-corrected chi connectivity index (χ3v) is 4.96. The Balaban J connectivity index is 1.97. The van der Waals surface area contributed by atoms with Gasteiger partial charge < -0.3 is 15.4 Å². The summed E-state index contributed by atoms with van der Waals surface area (Å²) in [6, 6.07) is -0.576. The second-order valence-electron chi connectivity index (χ2n) is 8.31. The molecule has 8 nitrogen and oxygen atoms in total. The van der Waals surface area contributed by atoms with Gasteiger partial charge in [0.15, 0.2) is 6.10 Å². The molecule has 0 aromatic heterocycles. The first-order valence-electron chi connectivity index (χ1n) is 9.12. The second-order valence-corrected chi connectivity index (χ2v) is 8.31. The average molecular weight is 367 g/mol. The zero-order chi connectivity index (χ0) is 19.7. The van der Waals surface area contributed by atoms with E-state index in [0.717, 1.165) is 24.2 Å². The zero-order valence-corrected chi connectivity index (χ0v) is 16.2. The monoisotopic (exact) mass is 367 g/mol. The van der Waals surface area contributed by atoms with Gasteiger partial charge >= 0.3 is 12.0 Å². The molecule has 146 valence electrons. The number of nitrogens with one attached hydrogen (secondary N) is 2. The van der Waals surface area contributed by atoms with Gasteiger partial charge in [0.05, 0.1) is 0 Å². The van der Waals surface area contributed by atoms with Crippen molar-refractivity contribution in [1.82, 2.24) is 15.5 Å². The molecule has 1 aliphatic carbocycles. The summed E-state index contributed by atoms with van der Waals surface area (Å²) >= 11 is 0. The maximum Gasteiger partial charge on any atom is 0.327 e. The molecule has 1 saturated heterocycles. The normalized spacial score (nSPS) is 27.3. The summed E-state index contributed by atoms with van der Waals surface area (Å²) in [7, 11) is 0. The van der Waals surface area contributed by atoms with E-state index in [4.69, 9.17) is 4.74 Å². The number of ether oxygens (including phenoxy) is 1. The molecule has 1 spiro atoms. The van der Waals surface area contributed by atoms with E-state index in [9.17, 15) is 19.2 Å². The van der Waals surface area contributed by atoms with E-state index in [2.05, 4.69) is 10.6 Å². The van der Waals surface area contributed by atoms with Crippen molar-refractivity contribution >= 4 is 23.8 Å². The van der Waals surface area contributed by atoms with Crippen LogP contribution in [0.2, 0.25) is 0 Å². The number of rotatable bonds is 4. The molecule has 2 fully saturated rings. The summed E-state index contributed by atoms with van der Waals surface area (Å²) in [5.74, 6) is -1.57.